The molecule has 0 aromatic heterocycles. The maximum atomic E-state index is 12.3. The van der Waals surface area contributed by atoms with Crippen molar-refractivity contribution < 1.29 is 37.9 Å². The molecule has 0 aliphatic heterocycles. The zero-order chi connectivity index (χ0) is 32.6. The van der Waals surface area contributed by atoms with Gasteiger partial charge in [-0.25, -0.2) is 4.57 Å². The Hall–Kier alpha value is -1.47. The Labute approximate surface area is 269 Å². The summed E-state index contributed by atoms with van der Waals surface area (Å²) in [4.78, 5) is 42.2. The Bertz CT molecular complexity index is 777. The minimum atomic E-state index is -4.74. The third-order valence-corrected chi connectivity index (χ3v) is 7.96. The van der Waals surface area contributed by atoms with E-state index < -0.39 is 32.5 Å². The quantitative estimate of drug-likeness (QED) is 0.0321. The summed E-state index contributed by atoms with van der Waals surface area (Å²) in [7, 11) is -4.74. The zero-order valence-electron chi connectivity index (χ0n) is 28.1. The fourth-order valence-electron chi connectivity index (χ4n) is 4.81. The first kappa shape index (κ1) is 42.5. The molecule has 2 N–H and O–H groups in total. The number of carbonyl (C=O) groups excluding carboxylic acids is 2. The van der Waals surface area contributed by atoms with Gasteiger partial charge in [-0.1, -0.05) is 134 Å². The van der Waals surface area contributed by atoms with Gasteiger partial charge in [0.25, 0.3) is 0 Å². The highest BCUT2D eigenvalue weighted by Gasteiger charge is 2.22. The highest BCUT2D eigenvalue weighted by Crippen LogP contribution is 2.36. The van der Waals surface area contributed by atoms with Gasteiger partial charge < -0.3 is 19.3 Å². The number of hydrogen-bond acceptors (Lipinski definition) is 6. The molecule has 0 amide bonds. The van der Waals surface area contributed by atoms with Crippen LogP contribution in [0.1, 0.15) is 168 Å². The van der Waals surface area contributed by atoms with E-state index in [9.17, 15) is 14.2 Å². The molecule has 0 radical (unpaired) electrons. The minimum Gasteiger partial charge on any atom is -0.462 e. The highest BCUT2D eigenvalue weighted by molar-refractivity contribution is 7.46. The first-order valence-corrected chi connectivity index (χ1v) is 19.2. The van der Waals surface area contributed by atoms with E-state index in [1.807, 2.05) is 0 Å². The van der Waals surface area contributed by atoms with Gasteiger partial charge in [-0.05, 0) is 44.9 Å². The normalized spacial score (nSPS) is 12.7. The number of phosphoric ester groups is 1. The zero-order valence-corrected chi connectivity index (χ0v) is 29.0. The van der Waals surface area contributed by atoms with Crippen molar-refractivity contribution in [3.63, 3.8) is 0 Å². The molecule has 1 unspecified atom stereocenters. The Morgan fingerprint density at radius 2 is 1.02 bits per heavy atom. The lowest BCUT2D eigenvalue weighted by Gasteiger charge is -2.18. The van der Waals surface area contributed by atoms with Crippen LogP contribution in [0.15, 0.2) is 24.3 Å². The second kappa shape index (κ2) is 31.5. The summed E-state index contributed by atoms with van der Waals surface area (Å²) < 4.78 is 26.1. The second-order valence-electron chi connectivity index (χ2n) is 11.8. The van der Waals surface area contributed by atoms with Gasteiger partial charge in [-0.15, -0.1) is 0 Å². The van der Waals surface area contributed by atoms with E-state index in [2.05, 4.69) is 42.7 Å². The van der Waals surface area contributed by atoms with Gasteiger partial charge in [0.2, 0.25) is 0 Å². The first-order chi connectivity index (χ1) is 21.3. The fourth-order valence-corrected chi connectivity index (χ4v) is 5.17. The van der Waals surface area contributed by atoms with E-state index in [1.54, 1.807) is 0 Å². The van der Waals surface area contributed by atoms with Gasteiger partial charge in [0.05, 0.1) is 6.61 Å². The summed E-state index contributed by atoms with van der Waals surface area (Å²) in [5, 5.41) is 0. The van der Waals surface area contributed by atoms with E-state index in [4.69, 9.17) is 19.3 Å². The molecule has 0 bridgehead atoms. The van der Waals surface area contributed by atoms with Crippen LogP contribution in [0.2, 0.25) is 0 Å². The van der Waals surface area contributed by atoms with Gasteiger partial charge in [-0.2, -0.15) is 0 Å². The van der Waals surface area contributed by atoms with Crippen LogP contribution in [0, 0.1) is 0 Å². The highest BCUT2D eigenvalue weighted by atomic mass is 31.2. The third-order valence-electron chi connectivity index (χ3n) is 7.47. The number of hydrogen-bond donors (Lipinski definition) is 2. The van der Waals surface area contributed by atoms with Crippen molar-refractivity contribution in [2.24, 2.45) is 0 Å². The van der Waals surface area contributed by atoms with E-state index >= 15 is 0 Å². The Balaban J connectivity index is 3.83. The first-order valence-electron chi connectivity index (χ1n) is 17.6. The van der Waals surface area contributed by atoms with Crippen LogP contribution in [-0.2, 0) is 28.2 Å². The molecule has 9 heteroatoms. The largest absolute Gasteiger partial charge is 0.469 e. The number of rotatable bonds is 32. The predicted molar refractivity (Wildman–Crippen MR) is 179 cm³/mol. The van der Waals surface area contributed by atoms with Crippen LogP contribution >= 0.6 is 7.82 Å². The molecule has 0 spiro atoms. The van der Waals surface area contributed by atoms with Crippen molar-refractivity contribution in [1.29, 1.82) is 0 Å². The summed E-state index contributed by atoms with van der Waals surface area (Å²) in [6.45, 7) is 3.55. The molecule has 0 saturated carbocycles. The van der Waals surface area contributed by atoms with E-state index in [-0.39, 0.29) is 19.4 Å². The molecule has 0 rings (SSSR count). The van der Waals surface area contributed by atoms with Crippen molar-refractivity contribution in [2.75, 3.05) is 13.2 Å². The van der Waals surface area contributed by atoms with Gasteiger partial charge in [0.1, 0.15) is 6.61 Å². The van der Waals surface area contributed by atoms with Gasteiger partial charge in [0.15, 0.2) is 6.10 Å². The Morgan fingerprint density at radius 1 is 0.591 bits per heavy atom. The lowest BCUT2D eigenvalue weighted by atomic mass is 10.1. The molecule has 0 aliphatic rings. The van der Waals surface area contributed by atoms with E-state index in [1.165, 1.54) is 70.6 Å². The minimum absolute atomic E-state index is 0.208. The summed E-state index contributed by atoms with van der Waals surface area (Å²) in [6, 6.07) is 0. The number of phosphoric acid groups is 1. The van der Waals surface area contributed by atoms with Crippen LogP contribution in [0.5, 0.6) is 0 Å². The van der Waals surface area contributed by atoms with E-state index in [0.717, 1.165) is 64.2 Å². The molecular formula is C35H65O8P. The Kier molecular flexibility index (Phi) is 30.5. The molecule has 0 aliphatic carbocycles. The summed E-state index contributed by atoms with van der Waals surface area (Å²) in [5.74, 6) is -0.902. The lowest BCUT2D eigenvalue weighted by molar-refractivity contribution is -0.161. The van der Waals surface area contributed by atoms with Crippen molar-refractivity contribution in [2.45, 2.75) is 174 Å². The molecule has 0 saturated heterocycles. The number of carbonyl (C=O) groups is 2. The van der Waals surface area contributed by atoms with Gasteiger partial charge in [-0.3, -0.25) is 14.1 Å². The molecule has 8 nitrogen and oxygen atoms in total. The maximum Gasteiger partial charge on any atom is 0.469 e. The number of allylic oxidation sites excluding steroid dienone is 4. The fraction of sp³-hybridized carbons (Fsp3) is 0.829. The molecule has 0 heterocycles. The maximum absolute atomic E-state index is 12.3. The summed E-state index contributed by atoms with van der Waals surface area (Å²) in [5.41, 5.74) is 0. The van der Waals surface area contributed by atoms with Gasteiger partial charge in [0, 0.05) is 12.8 Å². The lowest BCUT2D eigenvalue weighted by Crippen LogP contribution is -2.29. The van der Waals surface area contributed by atoms with Crippen LogP contribution in [-0.4, -0.2) is 41.0 Å². The average Bonchev–Trinajstić information content (AvgIpc) is 2.98. The standard InChI is InChI=1S/C35H65O8P/c1-3-5-7-9-10-11-12-13-14-15-16-17-18-19-20-21-22-23-24-26-28-30-35(37)43-33(32-42-44(38,39)40)31-41-34(36)29-27-25-8-6-4-2/h12-13,15-16,33H,3-11,14,17-32H2,1-2H3,(H2,38,39,40)/b13-12-,16-15-. The van der Waals surface area contributed by atoms with E-state index in [0.29, 0.717) is 6.42 Å². The monoisotopic (exact) mass is 644 g/mol. The SMILES string of the molecule is CCCCCCC/C=C\C/C=C\CCCCCCCCCCCC(=O)OC(COC(=O)CCCCCCC)COP(=O)(O)O. The molecule has 1 atom stereocenters. The van der Waals surface area contributed by atoms with Gasteiger partial charge >= 0.3 is 19.8 Å². The molecule has 258 valence electrons. The van der Waals surface area contributed by atoms with Crippen LogP contribution in [0.3, 0.4) is 0 Å². The molecule has 0 fully saturated rings. The smallest absolute Gasteiger partial charge is 0.462 e. The average molecular weight is 645 g/mol. The molecule has 0 aromatic rings. The topological polar surface area (TPSA) is 119 Å². The molecule has 44 heavy (non-hydrogen) atoms. The summed E-state index contributed by atoms with van der Waals surface area (Å²) in [6.07, 6.45) is 33.8. The molecule has 0 aromatic carbocycles. The van der Waals surface area contributed by atoms with Crippen LogP contribution in [0.25, 0.3) is 0 Å². The molecular weight excluding hydrogens is 579 g/mol. The van der Waals surface area contributed by atoms with Crippen LogP contribution < -0.4 is 0 Å². The predicted octanol–water partition coefficient (Wildman–Crippen LogP) is 10.1. The van der Waals surface area contributed by atoms with Crippen molar-refractivity contribution in [1.82, 2.24) is 0 Å². The Morgan fingerprint density at radius 3 is 1.50 bits per heavy atom. The summed E-state index contributed by atoms with van der Waals surface area (Å²) >= 11 is 0. The number of esters is 2. The van der Waals surface area contributed by atoms with Crippen molar-refractivity contribution in [3.05, 3.63) is 24.3 Å². The third kappa shape index (κ3) is 33.4. The number of unbranched alkanes of at least 4 members (excludes halogenated alkanes) is 18. The van der Waals surface area contributed by atoms with Crippen molar-refractivity contribution >= 4 is 19.8 Å². The number of ether oxygens (including phenoxy) is 2. The van der Waals surface area contributed by atoms with Crippen molar-refractivity contribution in [3.8, 4) is 0 Å². The second-order valence-corrected chi connectivity index (χ2v) is 13.1. The van der Waals surface area contributed by atoms with Crippen LogP contribution in [0.4, 0.5) is 0 Å².